The van der Waals surface area contributed by atoms with Crippen molar-refractivity contribution in [2.24, 2.45) is 4.99 Å². The Hall–Kier alpha value is -3.68. The molecule has 2 rings (SSSR count). The van der Waals surface area contributed by atoms with Crippen molar-refractivity contribution in [1.82, 2.24) is 0 Å². The highest BCUT2D eigenvalue weighted by Crippen LogP contribution is 2.34. The molecule has 0 fully saturated rings. The first kappa shape index (κ1) is 20.6. The van der Waals surface area contributed by atoms with Crippen molar-refractivity contribution >= 4 is 23.6 Å². The summed E-state index contributed by atoms with van der Waals surface area (Å²) in [6.45, 7) is 4.95. The number of aryl methyl sites for hydroxylation is 1. The molecule has 0 atom stereocenters. The van der Waals surface area contributed by atoms with Gasteiger partial charge in [-0.1, -0.05) is 12.1 Å². The van der Waals surface area contributed by atoms with E-state index in [2.05, 4.69) is 11.6 Å². The van der Waals surface area contributed by atoms with Gasteiger partial charge in [0.1, 0.15) is 5.69 Å². The van der Waals surface area contributed by atoms with Gasteiger partial charge in [-0.2, -0.15) is 0 Å². The van der Waals surface area contributed by atoms with E-state index in [0.29, 0.717) is 29.0 Å². The Morgan fingerprint density at radius 2 is 2.11 bits per heavy atom. The van der Waals surface area contributed by atoms with E-state index in [9.17, 15) is 14.9 Å². The zero-order valence-electron chi connectivity index (χ0n) is 15.5. The Kier molecular flexibility index (Phi) is 6.86. The Morgan fingerprint density at radius 1 is 1.36 bits per heavy atom. The average Bonchev–Trinajstić information content (AvgIpc) is 2.65. The van der Waals surface area contributed by atoms with Crippen molar-refractivity contribution < 1.29 is 24.3 Å². The summed E-state index contributed by atoms with van der Waals surface area (Å²) in [5.74, 6) is -0.465. The van der Waals surface area contributed by atoms with Crippen molar-refractivity contribution in [3.63, 3.8) is 0 Å². The van der Waals surface area contributed by atoms with E-state index in [1.807, 2.05) is 0 Å². The van der Waals surface area contributed by atoms with Crippen LogP contribution in [0.25, 0.3) is 0 Å². The van der Waals surface area contributed by atoms with Crippen molar-refractivity contribution in [3.05, 3.63) is 69.8 Å². The maximum absolute atomic E-state index is 11.2. The van der Waals surface area contributed by atoms with Crippen LogP contribution in [-0.4, -0.2) is 35.9 Å². The van der Waals surface area contributed by atoms with Gasteiger partial charge < -0.3 is 14.6 Å². The third-order valence-corrected chi connectivity index (χ3v) is 3.76. The van der Waals surface area contributed by atoms with Crippen molar-refractivity contribution in [3.8, 4) is 11.5 Å². The number of nitro benzene ring substituents is 1. The van der Waals surface area contributed by atoms with Crippen LogP contribution >= 0.6 is 0 Å². The molecule has 8 nitrogen and oxygen atoms in total. The molecule has 1 N–H and O–H groups in total. The number of carboxylic acids is 1. The van der Waals surface area contributed by atoms with Crippen LogP contribution in [0, 0.1) is 17.0 Å². The normalized spacial score (nSPS) is 10.6. The van der Waals surface area contributed by atoms with Crippen LogP contribution in [-0.2, 0) is 11.2 Å². The Morgan fingerprint density at radius 3 is 2.71 bits per heavy atom. The first-order valence-corrected chi connectivity index (χ1v) is 8.31. The third kappa shape index (κ3) is 5.16. The van der Waals surface area contributed by atoms with Gasteiger partial charge in [0, 0.05) is 17.8 Å². The standard InChI is InChI=1S/C20H20N2O6/c1-4-5-15-9-14(10-18(27-3)20(15)28-12-19(23)24)11-21-16-7-6-13(2)8-17(16)22(25)26/h4,6-11H,1,5,12H2,2-3H3,(H,23,24). The summed E-state index contributed by atoms with van der Waals surface area (Å²) < 4.78 is 10.7. The molecular formula is C20H20N2O6. The number of carboxylic acid groups (broad SMARTS) is 1. The zero-order valence-corrected chi connectivity index (χ0v) is 15.5. The Balaban J connectivity index is 2.45. The summed E-state index contributed by atoms with van der Waals surface area (Å²) in [6.07, 6.45) is 3.54. The predicted octanol–water partition coefficient (Wildman–Crippen LogP) is 3.85. The lowest BCUT2D eigenvalue weighted by atomic mass is 10.1. The molecule has 0 aliphatic carbocycles. The topological polar surface area (TPSA) is 111 Å². The molecule has 0 aliphatic rings. The molecule has 0 saturated carbocycles. The SMILES string of the molecule is C=CCc1cc(C=Nc2ccc(C)cc2[N+](=O)[O-])cc(OC)c1OCC(=O)O. The van der Waals surface area contributed by atoms with Gasteiger partial charge in [0.2, 0.25) is 0 Å². The molecule has 0 amide bonds. The largest absolute Gasteiger partial charge is 0.493 e. The number of benzene rings is 2. The number of hydrogen-bond acceptors (Lipinski definition) is 6. The van der Waals surface area contributed by atoms with Gasteiger partial charge in [0.25, 0.3) is 5.69 Å². The highest BCUT2D eigenvalue weighted by Gasteiger charge is 2.15. The van der Waals surface area contributed by atoms with Gasteiger partial charge in [-0.25, -0.2) is 9.79 Å². The fraction of sp³-hybridized carbons (Fsp3) is 0.200. The minimum atomic E-state index is -1.11. The number of carbonyl (C=O) groups is 1. The van der Waals surface area contributed by atoms with E-state index in [0.717, 1.165) is 5.56 Å². The van der Waals surface area contributed by atoms with Crippen molar-refractivity contribution in [2.45, 2.75) is 13.3 Å². The van der Waals surface area contributed by atoms with Crippen LogP contribution in [0.4, 0.5) is 11.4 Å². The van der Waals surface area contributed by atoms with E-state index in [1.54, 1.807) is 37.3 Å². The summed E-state index contributed by atoms with van der Waals surface area (Å²) in [4.78, 5) is 25.8. The van der Waals surface area contributed by atoms with Crippen LogP contribution in [0.15, 0.2) is 48.0 Å². The fourth-order valence-electron chi connectivity index (χ4n) is 2.55. The number of aliphatic carboxylic acids is 1. The van der Waals surface area contributed by atoms with Gasteiger partial charge in [-0.05, 0) is 42.7 Å². The molecule has 146 valence electrons. The summed E-state index contributed by atoms with van der Waals surface area (Å²) in [5, 5.41) is 20.1. The summed E-state index contributed by atoms with van der Waals surface area (Å²) in [7, 11) is 1.44. The van der Waals surface area contributed by atoms with Gasteiger partial charge in [0.05, 0.1) is 12.0 Å². The molecule has 0 bridgehead atoms. The molecule has 0 unspecified atom stereocenters. The number of nitro groups is 1. The first-order valence-electron chi connectivity index (χ1n) is 8.31. The van der Waals surface area contributed by atoms with Gasteiger partial charge in [-0.3, -0.25) is 10.1 Å². The lowest BCUT2D eigenvalue weighted by Gasteiger charge is -2.14. The number of nitrogens with zero attached hydrogens (tertiary/aromatic N) is 2. The van der Waals surface area contributed by atoms with E-state index < -0.39 is 17.5 Å². The number of allylic oxidation sites excluding steroid dienone is 1. The zero-order chi connectivity index (χ0) is 20.7. The van der Waals surface area contributed by atoms with Crippen LogP contribution in [0.1, 0.15) is 16.7 Å². The van der Waals surface area contributed by atoms with Gasteiger partial charge in [0.15, 0.2) is 18.1 Å². The second-order valence-electron chi connectivity index (χ2n) is 5.89. The third-order valence-electron chi connectivity index (χ3n) is 3.76. The van der Waals surface area contributed by atoms with E-state index in [1.165, 1.54) is 19.4 Å². The van der Waals surface area contributed by atoms with Crippen LogP contribution in [0.2, 0.25) is 0 Å². The molecule has 2 aromatic rings. The minimum absolute atomic E-state index is 0.0871. The maximum atomic E-state index is 11.2. The fourth-order valence-corrected chi connectivity index (χ4v) is 2.55. The number of methoxy groups -OCH3 is 1. The molecule has 8 heteroatoms. The molecule has 28 heavy (non-hydrogen) atoms. The smallest absolute Gasteiger partial charge is 0.341 e. The van der Waals surface area contributed by atoms with Crippen LogP contribution in [0.5, 0.6) is 11.5 Å². The minimum Gasteiger partial charge on any atom is -0.493 e. The highest BCUT2D eigenvalue weighted by molar-refractivity contribution is 5.85. The van der Waals surface area contributed by atoms with E-state index in [4.69, 9.17) is 14.6 Å². The average molecular weight is 384 g/mol. The monoisotopic (exact) mass is 384 g/mol. The molecule has 2 aromatic carbocycles. The number of aliphatic imine (C=N–C) groups is 1. The lowest BCUT2D eigenvalue weighted by molar-refractivity contribution is -0.384. The summed E-state index contributed by atoms with van der Waals surface area (Å²) in [6, 6.07) is 8.14. The van der Waals surface area contributed by atoms with Gasteiger partial charge >= 0.3 is 5.97 Å². The molecule has 0 aliphatic heterocycles. The van der Waals surface area contributed by atoms with Gasteiger partial charge in [-0.15, -0.1) is 6.58 Å². The second kappa shape index (κ2) is 9.31. The van der Waals surface area contributed by atoms with E-state index in [-0.39, 0.29) is 11.4 Å². The van der Waals surface area contributed by atoms with E-state index >= 15 is 0 Å². The quantitative estimate of drug-likeness (QED) is 0.304. The van der Waals surface area contributed by atoms with Crippen molar-refractivity contribution in [1.29, 1.82) is 0 Å². The molecule has 0 radical (unpaired) electrons. The Bertz CT molecular complexity index is 937. The van der Waals surface area contributed by atoms with Crippen LogP contribution in [0.3, 0.4) is 0 Å². The Labute approximate surface area is 161 Å². The molecule has 0 saturated heterocycles. The number of hydrogen-bond donors (Lipinski definition) is 1. The predicted molar refractivity (Wildman–Crippen MR) is 105 cm³/mol. The molecule has 0 aromatic heterocycles. The maximum Gasteiger partial charge on any atom is 0.341 e. The summed E-state index contributed by atoms with van der Waals surface area (Å²) in [5.41, 5.74) is 2.18. The van der Waals surface area contributed by atoms with Crippen molar-refractivity contribution in [2.75, 3.05) is 13.7 Å². The van der Waals surface area contributed by atoms with Crippen LogP contribution < -0.4 is 9.47 Å². The number of rotatable bonds is 9. The number of ether oxygens (including phenoxy) is 2. The molecule has 0 spiro atoms. The second-order valence-corrected chi connectivity index (χ2v) is 5.89. The summed E-state index contributed by atoms with van der Waals surface area (Å²) >= 11 is 0. The highest BCUT2D eigenvalue weighted by atomic mass is 16.6. The first-order chi connectivity index (χ1) is 13.3. The lowest BCUT2D eigenvalue weighted by Crippen LogP contribution is -2.11. The molecule has 0 heterocycles. The molecular weight excluding hydrogens is 364 g/mol.